The Hall–Kier alpha value is -4.37. The smallest absolute Gasteiger partial charge is 0.185 e. The molecule has 4 aromatic rings. The maximum Gasteiger partial charge on any atom is 0.185 e. The number of hydrogen-bond donors (Lipinski definition) is 0. The van der Waals surface area contributed by atoms with Gasteiger partial charge in [0, 0.05) is 28.2 Å². The number of ketones is 1. The lowest BCUT2D eigenvalue weighted by molar-refractivity contribution is 0.104. The number of hydrogen-bond acceptors (Lipinski definition) is 3. The molecule has 1 aliphatic rings. The van der Waals surface area contributed by atoms with E-state index in [0.29, 0.717) is 12.2 Å². The second-order valence-electron chi connectivity index (χ2n) is 8.29. The molecule has 4 aromatic carbocycles. The van der Waals surface area contributed by atoms with Crippen LogP contribution >= 0.6 is 0 Å². The van der Waals surface area contributed by atoms with Crippen LogP contribution in [0.4, 0.5) is 0 Å². The Balaban J connectivity index is 1.66. The molecule has 3 heteroatoms. The van der Waals surface area contributed by atoms with E-state index < -0.39 is 0 Å². The van der Waals surface area contributed by atoms with Crippen molar-refractivity contribution in [2.24, 2.45) is 0 Å². The maximum atomic E-state index is 13.0. The fourth-order valence-corrected chi connectivity index (χ4v) is 4.41. The van der Waals surface area contributed by atoms with Gasteiger partial charge in [0.1, 0.15) is 17.3 Å². The van der Waals surface area contributed by atoms with Crippen molar-refractivity contribution in [2.75, 3.05) is 6.61 Å². The molecule has 0 N–H and O–H groups in total. The second-order valence-corrected chi connectivity index (χ2v) is 8.29. The zero-order chi connectivity index (χ0) is 24.0. The van der Waals surface area contributed by atoms with E-state index in [2.05, 4.69) is 18.2 Å². The number of fused-ring (bicyclic) bond motifs is 1. The summed E-state index contributed by atoms with van der Waals surface area (Å²) in [6.45, 7) is 2.58. The van der Waals surface area contributed by atoms with Gasteiger partial charge in [-0.3, -0.25) is 4.79 Å². The number of ether oxygens (including phenoxy) is 2. The molecule has 35 heavy (non-hydrogen) atoms. The first-order valence-corrected chi connectivity index (χ1v) is 11.8. The molecule has 1 atom stereocenters. The molecule has 0 amide bonds. The highest BCUT2D eigenvalue weighted by Gasteiger charge is 2.30. The molecule has 0 saturated carbocycles. The largest absolute Gasteiger partial charge is 0.494 e. The van der Waals surface area contributed by atoms with Gasteiger partial charge in [-0.2, -0.15) is 0 Å². The van der Waals surface area contributed by atoms with E-state index in [9.17, 15) is 4.79 Å². The van der Waals surface area contributed by atoms with Crippen LogP contribution in [0.3, 0.4) is 0 Å². The lowest BCUT2D eigenvalue weighted by atomic mass is 9.81. The van der Waals surface area contributed by atoms with Crippen LogP contribution in [0.25, 0.3) is 5.76 Å². The Kier molecular flexibility index (Phi) is 6.58. The van der Waals surface area contributed by atoms with Crippen LogP contribution < -0.4 is 9.47 Å². The summed E-state index contributed by atoms with van der Waals surface area (Å²) < 4.78 is 12.1. The van der Waals surface area contributed by atoms with Gasteiger partial charge >= 0.3 is 0 Å². The highest BCUT2D eigenvalue weighted by Crippen LogP contribution is 2.46. The molecule has 172 valence electrons. The lowest BCUT2D eigenvalue weighted by Crippen LogP contribution is -2.15. The molecule has 0 aromatic heterocycles. The zero-order valence-electron chi connectivity index (χ0n) is 19.6. The minimum Gasteiger partial charge on any atom is -0.494 e. The van der Waals surface area contributed by atoms with Crippen molar-refractivity contribution < 1.29 is 14.3 Å². The molecule has 5 rings (SSSR count). The number of allylic oxidation sites excluding steroid dienone is 3. The van der Waals surface area contributed by atoms with E-state index in [1.807, 2.05) is 104 Å². The van der Waals surface area contributed by atoms with E-state index in [-0.39, 0.29) is 11.7 Å². The van der Waals surface area contributed by atoms with Crippen molar-refractivity contribution in [1.82, 2.24) is 0 Å². The summed E-state index contributed by atoms with van der Waals surface area (Å²) in [5.41, 5.74) is 4.72. The van der Waals surface area contributed by atoms with Crippen molar-refractivity contribution in [3.05, 3.63) is 149 Å². The van der Waals surface area contributed by atoms with Gasteiger partial charge in [-0.25, -0.2) is 0 Å². The molecule has 0 bridgehead atoms. The fraction of sp³-hybridized carbons (Fsp3) is 0.0938. The van der Waals surface area contributed by atoms with Crippen LogP contribution in [-0.2, 0) is 0 Å². The minimum atomic E-state index is -0.0810. The predicted octanol–water partition coefficient (Wildman–Crippen LogP) is 7.46. The van der Waals surface area contributed by atoms with E-state index in [4.69, 9.17) is 9.47 Å². The third-order valence-corrected chi connectivity index (χ3v) is 6.05. The summed E-state index contributed by atoms with van der Waals surface area (Å²) in [6, 6.07) is 35.6. The van der Waals surface area contributed by atoms with Gasteiger partial charge in [0.15, 0.2) is 5.78 Å². The number of para-hydroxylation sites is 1. The first kappa shape index (κ1) is 22.4. The van der Waals surface area contributed by atoms with Gasteiger partial charge in [-0.1, -0.05) is 84.9 Å². The summed E-state index contributed by atoms with van der Waals surface area (Å²) in [7, 11) is 0. The average molecular weight is 459 g/mol. The van der Waals surface area contributed by atoms with Gasteiger partial charge in [0.2, 0.25) is 0 Å². The Morgan fingerprint density at radius 2 is 1.49 bits per heavy atom. The van der Waals surface area contributed by atoms with Crippen LogP contribution in [0.5, 0.6) is 11.5 Å². The summed E-state index contributed by atoms with van der Waals surface area (Å²) in [4.78, 5) is 13.0. The normalized spacial score (nSPS) is 14.9. The van der Waals surface area contributed by atoms with Gasteiger partial charge in [-0.15, -0.1) is 0 Å². The van der Waals surface area contributed by atoms with E-state index >= 15 is 0 Å². The van der Waals surface area contributed by atoms with E-state index in [1.165, 1.54) is 0 Å². The number of benzene rings is 4. The van der Waals surface area contributed by atoms with E-state index in [1.54, 1.807) is 6.08 Å². The standard InChI is InChI=1S/C32H26O3/c1-2-34-26-19-17-25(18-20-26)32-28(21-22-29(33)23-11-5-3-6-12-23)31(24-13-7-4-8-14-24)27-15-9-10-16-30(27)35-32/h3-22,31H,2H2,1H3/b22-21+/t31-/m0/s1. The SMILES string of the molecule is CCOc1ccc(C2=C(/C=C/C(=O)c3ccccc3)[C@@H](c3ccccc3)c3ccccc3O2)cc1. The van der Waals surface area contributed by atoms with Crippen LogP contribution in [-0.4, -0.2) is 12.4 Å². The quantitative estimate of drug-likeness (QED) is 0.213. The second kappa shape index (κ2) is 10.3. The molecule has 0 aliphatic carbocycles. The third-order valence-electron chi connectivity index (χ3n) is 6.05. The molecule has 1 heterocycles. The summed E-state index contributed by atoms with van der Waals surface area (Å²) in [5.74, 6) is 2.23. The van der Waals surface area contributed by atoms with Gasteiger partial charge in [0.25, 0.3) is 0 Å². The molecular formula is C32H26O3. The topological polar surface area (TPSA) is 35.5 Å². The Morgan fingerprint density at radius 1 is 0.829 bits per heavy atom. The summed E-state index contributed by atoms with van der Waals surface area (Å²) in [6.07, 6.45) is 3.56. The van der Waals surface area contributed by atoms with Crippen molar-refractivity contribution in [3.8, 4) is 11.5 Å². The lowest BCUT2D eigenvalue weighted by Gasteiger charge is -2.30. The third kappa shape index (κ3) is 4.80. The molecule has 0 unspecified atom stereocenters. The van der Waals surface area contributed by atoms with Crippen LogP contribution in [0.1, 0.15) is 39.9 Å². The first-order valence-electron chi connectivity index (χ1n) is 11.8. The van der Waals surface area contributed by atoms with Gasteiger partial charge in [-0.05, 0) is 48.9 Å². The molecule has 1 aliphatic heterocycles. The molecule has 0 radical (unpaired) electrons. The Bertz CT molecular complexity index is 1370. The summed E-state index contributed by atoms with van der Waals surface area (Å²) >= 11 is 0. The van der Waals surface area contributed by atoms with Crippen LogP contribution in [0.15, 0.2) is 127 Å². The molecule has 0 spiro atoms. The van der Waals surface area contributed by atoms with E-state index in [0.717, 1.165) is 39.5 Å². The first-order chi connectivity index (χ1) is 17.2. The number of rotatable bonds is 7. The van der Waals surface area contributed by atoms with Crippen molar-refractivity contribution in [1.29, 1.82) is 0 Å². The monoisotopic (exact) mass is 458 g/mol. The molecule has 0 fully saturated rings. The van der Waals surface area contributed by atoms with Crippen molar-refractivity contribution >= 4 is 11.5 Å². The average Bonchev–Trinajstić information content (AvgIpc) is 2.92. The minimum absolute atomic E-state index is 0.0465. The number of carbonyl (C=O) groups excluding carboxylic acids is 1. The fourth-order valence-electron chi connectivity index (χ4n) is 4.41. The Morgan fingerprint density at radius 3 is 2.20 bits per heavy atom. The highest BCUT2D eigenvalue weighted by molar-refractivity contribution is 6.05. The molecular weight excluding hydrogens is 432 g/mol. The van der Waals surface area contributed by atoms with Gasteiger partial charge in [0.05, 0.1) is 6.61 Å². The zero-order valence-corrected chi connectivity index (χ0v) is 19.6. The summed E-state index contributed by atoms with van der Waals surface area (Å²) in [5, 5.41) is 0. The van der Waals surface area contributed by atoms with Crippen LogP contribution in [0.2, 0.25) is 0 Å². The molecule has 3 nitrogen and oxygen atoms in total. The Labute approximate surface area is 206 Å². The number of carbonyl (C=O) groups is 1. The predicted molar refractivity (Wildman–Crippen MR) is 140 cm³/mol. The van der Waals surface area contributed by atoms with Crippen molar-refractivity contribution in [2.45, 2.75) is 12.8 Å². The van der Waals surface area contributed by atoms with Crippen molar-refractivity contribution in [3.63, 3.8) is 0 Å². The maximum absolute atomic E-state index is 13.0. The van der Waals surface area contributed by atoms with Gasteiger partial charge < -0.3 is 9.47 Å². The highest BCUT2D eigenvalue weighted by atomic mass is 16.5. The molecule has 0 saturated heterocycles. The van der Waals surface area contributed by atoms with Crippen LogP contribution in [0, 0.1) is 0 Å².